The first-order chi connectivity index (χ1) is 6.11. The van der Waals surface area contributed by atoms with Crippen LogP contribution in [0.25, 0.3) is 0 Å². The quantitative estimate of drug-likeness (QED) is 0.538. The summed E-state index contributed by atoms with van der Waals surface area (Å²) in [6, 6.07) is 3.70. The molecule has 4 heteroatoms. The summed E-state index contributed by atoms with van der Waals surface area (Å²) in [5.74, 6) is -1.41. The molecule has 0 aromatic carbocycles. The summed E-state index contributed by atoms with van der Waals surface area (Å²) >= 11 is 1.47. The normalized spacial score (nSPS) is 12.2. The Hall–Kier alpha value is -1.16. The van der Waals surface area contributed by atoms with E-state index in [0.717, 1.165) is 4.88 Å². The first-order valence-electron chi connectivity index (χ1n) is 3.87. The van der Waals surface area contributed by atoms with Crippen LogP contribution in [-0.2, 0) is 14.3 Å². The van der Waals surface area contributed by atoms with Gasteiger partial charge >= 0.3 is 11.9 Å². The molecule has 0 bridgehead atoms. The zero-order valence-electron chi connectivity index (χ0n) is 7.44. The van der Waals surface area contributed by atoms with Crippen molar-refractivity contribution in [1.82, 2.24) is 0 Å². The van der Waals surface area contributed by atoms with Crippen molar-refractivity contribution in [3.8, 4) is 0 Å². The summed E-state index contributed by atoms with van der Waals surface area (Å²) in [5.41, 5.74) is 0. The van der Waals surface area contributed by atoms with E-state index in [1.54, 1.807) is 6.92 Å². The van der Waals surface area contributed by atoms with Gasteiger partial charge in [0.2, 0.25) is 0 Å². The van der Waals surface area contributed by atoms with Gasteiger partial charge < -0.3 is 4.74 Å². The van der Waals surface area contributed by atoms with Gasteiger partial charge in [-0.1, -0.05) is 6.07 Å². The molecule has 0 aliphatic heterocycles. The van der Waals surface area contributed by atoms with E-state index in [4.69, 9.17) is 0 Å². The van der Waals surface area contributed by atoms with E-state index in [9.17, 15) is 9.59 Å². The number of carbonyl (C=O) groups is 2. The topological polar surface area (TPSA) is 43.4 Å². The molecule has 1 aromatic heterocycles. The van der Waals surface area contributed by atoms with Gasteiger partial charge in [0.15, 0.2) is 0 Å². The lowest BCUT2D eigenvalue weighted by Crippen LogP contribution is -2.15. The van der Waals surface area contributed by atoms with Gasteiger partial charge in [0.1, 0.15) is 0 Å². The van der Waals surface area contributed by atoms with Gasteiger partial charge in [-0.25, -0.2) is 0 Å². The number of hydrogen-bond donors (Lipinski definition) is 0. The molecular formula is C9H10O3S. The second-order valence-corrected chi connectivity index (χ2v) is 3.63. The molecule has 0 spiro atoms. The van der Waals surface area contributed by atoms with Crippen LogP contribution in [0, 0.1) is 0 Å². The molecule has 1 unspecified atom stereocenters. The van der Waals surface area contributed by atoms with E-state index in [1.165, 1.54) is 18.3 Å². The predicted molar refractivity (Wildman–Crippen MR) is 49.5 cm³/mol. The van der Waals surface area contributed by atoms with Crippen LogP contribution in [0.15, 0.2) is 17.5 Å². The van der Waals surface area contributed by atoms with E-state index in [2.05, 4.69) is 4.74 Å². The predicted octanol–water partition coefficient (Wildman–Crippen LogP) is 1.94. The first kappa shape index (κ1) is 9.92. The van der Waals surface area contributed by atoms with Gasteiger partial charge in [-0.15, -0.1) is 11.3 Å². The minimum Gasteiger partial charge on any atom is -0.393 e. The van der Waals surface area contributed by atoms with Gasteiger partial charge in [0, 0.05) is 11.8 Å². The minimum atomic E-state index is -0.562. The fourth-order valence-electron chi connectivity index (χ4n) is 0.884. The Morgan fingerprint density at radius 3 is 2.69 bits per heavy atom. The smallest absolute Gasteiger partial charge is 0.321 e. The molecule has 1 atom stereocenters. The van der Waals surface area contributed by atoms with E-state index in [-0.39, 0.29) is 5.92 Å². The Balaban J connectivity index is 2.63. The van der Waals surface area contributed by atoms with Crippen LogP contribution in [0.4, 0.5) is 0 Å². The SMILES string of the molecule is CC(=O)OC(=O)C(C)c1cccs1. The molecule has 0 saturated carbocycles. The Morgan fingerprint density at radius 2 is 2.23 bits per heavy atom. The summed E-state index contributed by atoms with van der Waals surface area (Å²) in [7, 11) is 0. The molecule has 0 aliphatic rings. The van der Waals surface area contributed by atoms with Crippen molar-refractivity contribution in [2.45, 2.75) is 19.8 Å². The fraction of sp³-hybridized carbons (Fsp3) is 0.333. The summed E-state index contributed by atoms with van der Waals surface area (Å²) in [6.45, 7) is 2.94. The van der Waals surface area contributed by atoms with Crippen molar-refractivity contribution >= 4 is 23.3 Å². The lowest BCUT2D eigenvalue weighted by molar-refractivity contribution is -0.158. The van der Waals surface area contributed by atoms with Gasteiger partial charge in [0.05, 0.1) is 5.92 Å². The second-order valence-electron chi connectivity index (χ2n) is 2.65. The Bertz CT molecular complexity index is 303. The van der Waals surface area contributed by atoms with Gasteiger partial charge in [0.25, 0.3) is 0 Å². The van der Waals surface area contributed by atoms with E-state index < -0.39 is 11.9 Å². The van der Waals surface area contributed by atoms with Gasteiger partial charge in [-0.2, -0.15) is 0 Å². The van der Waals surface area contributed by atoms with E-state index in [1.807, 2.05) is 17.5 Å². The highest BCUT2D eigenvalue weighted by molar-refractivity contribution is 7.10. The Labute approximate surface area is 80.3 Å². The van der Waals surface area contributed by atoms with Crippen molar-refractivity contribution in [3.05, 3.63) is 22.4 Å². The molecule has 0 fully saturated rings. The molecule has 3 nitrogen and oxygen atoms in total. The van der Waals surface area contributed by atoms with E-state index in [0.29, 0.717) is 0 Å². The highest BCUT2D eigenvalue weighted by Gasteiger charge is 2.18. The van der Waals surface area contributed by atoms with Crippen LogP contribution in [0.1, 0.15) is 24.6 Å². The van der Waals surface area contributed by atoms with E-state index >= 15 is 0 Å². The van der Waals surface area contributed by atoms with Crippen molar-refractivity contribution in [2.24, 2.45) is 0 Å². The molecular weight excluding hydrogens is 188 g/mol. The zero-order chi connectivity index (χ0) is 9.84. The van der Waals surface area contributed by atoms with Gasteiger partial charge in [-0.05, 0) is 18.4 Å². The van der Waals surface area contributed by atoms with Crippen LogP contribution in [-0.4, -0.2) is 11.9 Å². The molecule has 0 aliphatic carbocycles. The fourth-order valence-corrected chi connectivity index (χ4v) is 1.66. The van der Waals surface area contributed by atoms with Crippen molar-refractivity contribution < 1.29 is 14.3 Å². The van der Waals surface area contributed by atoms with Crippen LogP contribution in [0.2, 0.25) is 0 Å². The summed E-state index contributed by atoms with van der Waals surface area (Å²) in [6.07, 6.45) is 0. The standard InChI is InChI=1S/C9H10O3S/c1-6(8-4-3-5-13-8)9(11)12-7(2)10/h3-6H,1-2H3. The molecule has 13 heavy (non-hydrogen) atoms. The number of esters is 2. The molecule has 0 amide bonds. The van der Waals surface area contributed by atoms with Crippen LogP contribution in [0.3, 0.4) is 0 Å². The lowest BCUT2D eigenvalue weighted by Gasteiger charge is -2.05. The maximum absolute atomic E-state index is 11.2. The third-order valence-corrected chi connectivity index (χ3v) is 2.62. The number of carbonyl (C=O) groups excluding carboxylic acids is 2. The molecule has 1 aromatic rings. The van der Waals surface area contributed by atoms with Crippen LogP contribution < -0.4 is 0 Å². The average molecular weight is 198 g/mol. The highest BCUT2D eigenvalue weighted by atomic mass is 32.1. The lowest BCUT2D eigenvalue weighted by atomic mass is 10.1. The van der Waals surface area contributed by atoms with Crippen LogP contribution in [0.5, 0.6) is 0 Å². The van der Waals surface area contributed by atoms with Crippen LogP contribution >= 0.6 is 11.3 Å². The molecule has 1 heterocycles. The van der Waals surface area contributed by atoms with Crippen molar-refractivity contribution in [2.75, 3.05) is 0 Å². The van der Waals surface area contributed by atoms with Crippen molar-refractivity contribution in [1.29, 1.82) is 0 Å². The van der Waals surface area contributed by atoms with Crippen molar-refractivity contribution in [3.63, 3.8) is 0 Å². The minimum absolute atomic E-state index is 0.358. The highest BCUT2D eigenvalue weighted by Crippen LogP contribution is 2.21. The second kappa shape index (κ2) is 4.18. The zero-order valence-corrected chi connectivity index (χ0v) is 8.26. The molecule has 70 valence electrons. The first-order valence-corrected chi connectivity index (χ1v) is 4.75. The molecule has 0 N–H and O–H groups in total. The largest absolute Gasteiger partial charge is 0.393 e. The molecule has 1 rings (SSSR count). The molecule has 0 saturated heterocycles. The Morgan fingerprint density at radius 1 is 1.54 bits per heavy atom. The van der Waals surface area contributed by atoms with Gasteiger partial charge in [-0.3, -0.25) is 9.59 Å². The summed E-state index contributed by atoms with van der Waals surface area (Å²) < 4.78 is 4.46. The number of thiophene rings is 1. The maximum atomic E-state index is 11.2. The number of hydrogen-bond acceptors (Lipinski definition) is 4. The average Bonchev–Trinajstić information content (AvgIpc) is 2.53. The summed E-state index contributed by atoms with van der Waals surface area (Å²) in [5, 5.41) is 1.88. The summed E-state index contributed by atoms with van der Waals surface area (Å²) in [4.78, 5) is 22.6. The Kier molecular flexibility index (Phi) is 3.19. The monoisotopic (exact) mass is 198 g/mol. The number of ether oxygens (including phenoxy) is 1. The third-order valence-electron chi connectivity index (χ3n) is 1.57. The third kappa shape index (κ3) is 2.66. The molecule has 0 radical (unpaired) electrons. The number of rotatable bonds is 2. The maximum Gasteiger partial charge on any atom is 0.321 e.